The normalized spacial score (nSPS) is 11.8. The second-order valence-corrected chi connectivity index (χ2v) is 5.20. The fraction of sp³-hybridized carbons (Fsp3) is 0.429. The molecule has 1 aromatic rings. The van der Waals surface area contributed by atoms with Crippen LogP contribution in [0.1, 0.15) is 23.5 Å². The van der Waals surface area contributed by atoms with Crippen molar-refractivity contribution in [2.24, 2.45) is 5.92 Å². The van der Waals surface area contributed by atoms with E-state index in [1.807, 2.05) is 22.6 Å². The molecule has 0 aliphatic heterocycles. The Morgan fingerprint density at radius 2 is 1.71 bits per heavy atom. The number of alkyl halides is 1. The van der Waals surface area contributed by atoms with Crippen LogP contribution in [0.25, 0.3) is 0 Å². The van der Waals surface area contributed by atoms with Gasteiger partial charge in [-0.3, -0.25) is 19.4 Å². The number of ether oxygens (including phenoxy) is 2. The summed E-state index contributed by atoms with van der Waals surface area (Å²) < 4.78 is 8.85. The molecule has 1 atom stereocenters. The molecule has 1 rings (SSSR count). The number of halogens is 1. The highest BCUT2D eigenvalue weighted by Gasteiger charge is 2.40. The van der Waals surface area contributed by atoms with Gasteiger partial charge in [0.05, 0.1) is 18.9 Å². The molecule has 0 radical (unpaired) electrons. The summed E-state index contributed by atoms with van der Waals surface area (Å²) in [6.07, 6.45) is 1.54. The van der Waals surface area contributed by atoms with Gasteiger partial charge in [0.25, 0.3) is 0 Å². The van der Waals surface area contributed by atoms with Crippen molar-refractivity contribution >= 4 is 40.3 Å². The Kier molecular flexibility index (Phi) is 7.27. The van der Waals surface area contributed by atoms with Gasteiger partial charge in [0, 0.05) is 6.20 Å². The first kappa shape index (κ1) is 17.5. The zero-order chi connectivity index (χ0) is 15.8. The van der Waals surface area contributed by atoms with Gasteiger partial charge in [-0.25, -0.2) is 0 Å². The van der Waals surface area contributed by atoms with E-state index in [1.54, 1.807) is 32.0 Å². The van der Waals surface area contributed by atoms with Crippen LogP contribution in [0.3, 0.4) is 0 Å². The van der Waals surface area contributed by atoms with Crippen molar-refractivity contribution in [1.29, 1.82) is 0 Å². The zero-order valence-corrected chi connectivity index (χ0v) is 13.9. The number of nitrogens with zero attached hydrogens (tertiary/aromatic N) is 1. The van der Waals surface area contributed by atoms with Crippen molar-refractivity contribution in [2.45, 2.75) is 17.8 Å². The number of rotatable bonds is 7. The lowest BCUT2D eigenvalue weighted by Crippen LogP contribution is -2.36. The number of Topliss-reactive ketones (excluding diaryl/α,β-unsaturated/α-hetero) is 1. The predicted molar refractivity (Wildman–Crippen MR) is 82.8 cm³/mol. The van der Waals surface area contributed by atoms with Crippen molar-refractivity contribution in [3.05, 3.63) is 30.1 Å². The molecule has 0 fully saturated rings. The predicted octanol–water partition coefficient (Wildman–Crippen LogP) is 1.87. The fourth-order valence-electron chi connectivity index (χ4n) is 1.60. The minimum Gasteiger partial charge on any atom is -0.465 e. The molecule has 0 saturated carbocycles. The van der Waals surface area contributed by atoms with Gasteiger partial charge < -0.3 is 9.47 Å². The van der Waals surface area contributed by atoms with Crippen molar-refractivity contribution in [2.75, 3.05) is 13.2 Å². The van der Waals surface area contributed by atoms with Crippen LogP contribution in [0.5, 0.6) is 0 Å². The smallest absolute Gasteiger partial charge is 0.328 e. The molecular weight excluding hydrogens is 389 g/mol. The van der Waals surface area contributed by atoms with E-state index in [0.717, 1.165) is 0 Å². The molecule has 0 bridgehead atoms. The summed E-state index contributed by atoms with van der Waals surface area (Å²) in [5.74, 6) is -3.95. The maximum absolute atomic E-state index is 12.4. The van der Waals surface area contributed by atoms with Gasteiger partial charge in [-0.2, -0.15) is 0 Å². The number of hydrogen-bond acceptors (Lipinski definition) is 6. The number of aromatic nitrogens is 1. The molecule has 0 spiro atoms. The van der Waals surface area contributed by atoms with Crippen LogP contribution >= 0.6 is 22.6 Å². The van der Waals surface area contributed by atoms with E-state index in [4.69, 9.17) is 9.47 Å². The van der Waals surface area contributed by atoms with E-state index < -0.39 is 27.6 Å². The number of carbonyl (C=O) groups excluding carboxylic acids is 3. The number of pyridine rings is 1. The van der Waals surface area contributed by atoms with Crippen molar-refractivity contribution in [1.82, 2.24) is 4.98 Å². The van der Waals surface area contributed by atoms with Crippen LogP contribution in [0.2, 0.25) is 0 Å². The maximum Gasteiger partial charge on any atom is 0.328 e. The lowest BCUT2D eigenvalue weighted by molar-refractivity contribution is -0.163. The third kappa shape index (κ3) is 4.76. The van der Waals surface area contributed by atoms with Crippen molar-refractivity contribution in [3.8, 4) is 0 Å². The third-order valence-corrected chi connectivity index (χ3v) is 3.78. The van der Waals surface area contributed by atoms with Crippen molar-refractivity contribution < 1.29 is 23.9 Å². The lowest BCUT2D eigenvalue weighted by Gasteiger charge is -2.16. The number of carbonyl (C=O) groups is 3. The molecule has 114 valence electrons. The van der Waals surface area contributed by atoms with E-state index in [1.165, 1.54) is 6.20 Å². The molecule has 6 nitrogen and oxygen atoms in total. The molecule has 21 heavy (non-hydrogen) atoms. The molecule has 0 amide bonds. The Hall–Kier alpha value is -1.51. The summed E-state index contributed by atoms with van der Waals surface area (Å²) in [4.78, 5) is 40.2. The molecule has 0 aliphatic rings. The molecular formula is C14H16INO5. The Morgan fingerprint density at radius 1 is 1.14 bits per heavy atom. The van der Waals surface area contributed by atoms with E-state index in [9.17, 15) is 14.4 Å². The largest absolute Gasteiger partial charge is 0.465 e. The fourth-order valence-corrected chi connectivity index (χ4v) is 2.33. The summed E-state index contributed by atoms with van der Waals surface area (Å²) in [5, 5.41) is 0. The highest BCUT2D eigenvalue weighted by molar-refractivity contribution is 14.1. The Balaban J connectivity index is 2.99. The second-order valence-electron chi connectivity index (χ2n) is 3.96. The number of ketones is 1. The summed E-state index contributed by atoms with van der Waals surface area (Å²) in [6.45, 7) is 3.37. The Labute approximate surface area is 136 Å². The minimum absolute atomic E-state index is 0.0809. The average molecular weight is 405 g/mol. The Morgan fingerprint density at radius 3 is 2.14 bits per heavy atom. The molecule has 1 heterocycles. The molecule has 0 saturated heterocycles. The lowest BCUT2D eigenvalue weighted by atomic mass is 10.00. The number of hydrogen-bond donors (Lipinski definition) is 0. The molecule has 1 unspecified atom stereocenters. The summed E-state index contributed by atoms with van der Waals surface area (Å²) >= 11 is 1.84. The molecule has 0 aromatic carbocycles. The van der Waals surface area contributed by atoms with Crippen LogP contribution in [0.15, 0.2) is 24.4 Å². The highest BCUT2D eigenvalue weighted by atomic mass is 127. The molecule has 7 heteroatoms. The first-order valence-electron chi connectivity index (χ1n) is 6.44. The van der Waals surface area contributed by atoms with Crippen LogP contribution in [0.4, 0.5) is 0 Å². The van der Waals surface area contributed by atoms with Gasteiger partial charge in [-0.1, -0.05) is 28.7 Å². The Bertz CT molecular complexity index is 487. The van der Waals surface area contributed by atoms with E-state index >= 15 is 0 Å². The zero-order valence-electron chi connectivity index (χ0n) is 11.7. The van der Waals surface area contributed by atoms with Gasteiger partial charge in [0.15, 0.2) is 5.78 Å². The quantitative estimate of drug-likeness (QED) is 0.298. The minimum atomic E-state index is -1.58. The first-order valence-corrected chi connectivity index (χ1v) is 7.69. The van der Waals surface area contributed by atoms with Gasteiger partial charge in [-0.05, 0) is 26.0 Å². The van der Waals surface area contributed by atoms with E-state index in [0.29, 0.717) is 5.69 Å². The average Bonchev–Trinajstić information content (AvgIpc) is 2.48. The molecule has 1 aromatic heterocycles. The van der Waals surface area contributed by atoms with Crippen LogP contribution in [-0.4, -0.2) is 35.9 Å². The second kappa shape index (κ2) is 8.71. The van der Waals surface area contributed by atoms with Gasteiger partial charge in [0.1, 0.15) is 3.92 Å². The maximum atomic E-state index is 12.4. The van der Waals surface area contributed by atoms with Crippen LogP contribution in [-0.2, 0) is 23.9 Å². The summed E-state index contributed by atoms with van der Waals surface area (Å²) in [5.41, 5.74) is 0.474. The SMILES string of the molecule is CCOC(=O)C(C(=O)OCC)C(=O)C(I)c1ccccn1. The van der Waals surface area contributed by atoms with Crippen LogP contribution < -0.4 is 0 Å². The summed E-state index contributed by atoms with van der Waals surface area (Å²) in [6, 6.07) is 5.10. The molecule has 0 aliphatic carbocycles. The van der Waals surface area contributed by atoms with Gasteiger partial charge in [0.2, 0.25) is 5.92 Å². The highest BCUT2D eigenvalue weighted by Crippen LogP contribution is 2.27. The standard InChI is InChI=1S/C14H16INO5/c1-3-20-13(18)10(14(19)21-4-2)12(17)11(15)9-7-5-6-8-16-9/h5-8,10-11H,3-4H2,1-2H3. The third-order valence-electron chi connectivity index (χ3n) is 2.53. The monoisotopic (exact) mass is 405 g/mol. The first-order chi connectivity index (χ1) is 10.0. The van der Waals surface area contributed by atoms with Gasteiger partial charge >= 0.3 is 11.9 Å². The van der Waals surface area contributed by atoms with Crippen LogP contribution in [0, 0.1) is 5.92 Å². The van der Waals surface area contributed by atoms with E-state index in [-0.39, 0.29) is 13.2 Å². The topological polar surface area (TPSA) is 82.6 Å². The van der Waals surface area contributed by atoms with Crippen molar-refractivity contribution in [3.63, 3.8) is 0 Å². The number of esters is 2. The van der Waals surface area contributed by atoms with Gasteiger partial charge in [-0.15, -0.1) is 0 Å². The summed E-state index contributed by atoms with van der Waals surface area (Å²) in [7, 11) is 0. The van der Waals surface area contributed by atoms with E-state index in [2.05, 4.69) is 4.98 Å². The molecule has 0 N–H and O–H groups in total.